The zero-order chi connectivity index (χ0) is 13.9. The average molecular weight is 274 g/mol. The number of nitrogens with zero attached hydrogens (tertiary/aromatic N) is 1. The van der Waals surface area contributed by atoms with E-state index in [9.17, 15) is 9.18 Å². The van der Waals surface area contributed by atoms with E-state index in [0.717, 1.165) is 12.8 Å². The van der Waals surface area contributed by atoms with Gasteiger partial charge in [-0.15, -0.1) is 0 Å². The topological polar surface area (TPSA) is 50.7 Å². The lowest BCUT2D eigenvalue weighted by molar-refractivity contribution is -0.115. The summed E-state index contributed by atoms with van der Waals surface area (Å²) in [6.07, 6.45) is 3.34. The van der Waals surface area contributed by atoms with Gasteiger partial charge in [0.2, 0.25) is 0 Å². The molecule has 1 aromatic rings. The van der Waals surface area contributed by atoms with Crippen LogP contribution in [0.3, 0.4) is 0 Å². The Morgan fingerprint density at radius 1 is 1.35 bits per heavy atom. The zero-order valence-electron chi connectivity index (χ0n) is 10.9. The number of ether oxygens (including phenoxy) is 1. The number of carbonyl (C=O) groups excluding carboxylic acids is 1. The highest BCUT2D eigenvalue weighted by molar-refractivity contribution is 6.15. The Balaban J connectivity index is 1.82. The number of amidine groups is 1. The van der Waals surface area contributed by atoms with Crippen LogP contribution in [0.25, 0.3) is 6.08 Å². The van der Waals surface area contributed by atoms with E-state index < -0.39 is 0 Å². The molecule has 0 atom stereocenters. The van der Waals surface area contributed by atoms with Crippen molar-refractivity contribution in [2.75, 3.05) is 13.2 Å². The fourth-order valence-corrected chi connectivity index (χ4v) is 2.41. The highest BCUT2D eigenvalue weighted by Crippen LogP contribution is 2.21. The summed E-state index contributed by atoms with van der Waals surface area (Å²) in [6, 6.07) is 6.10. The Hall–Kier alpha value is -2.01. The van der Waals surface area contributed by atoms with E-state index in [-0.39, 0.29) is 17.6 Å². The van der Waals surface area contributed by atoms with Crippen molar-refractivity contribution in [2.45, 2.75) is 12.8 Å². The van der Waals surface area contributed by atoms with Gasteiger partial charge in [0.15, 0.2) is 0 Å². The maximum absolute atomic E-state index is 13.1. The average Bonchev–Trinajstić information content (AvgIpc) is 2.81. The van der Waals surface area contributed by atoms with Gasteiger partial charge in [-0.2, -0.15) is 0 Å². The van der Waals surface area contributed by atoms with E-state index >= 15 is 0 Å². The number of amides is 1. The highest BCUT2D eigenvalue weighted by Gasteiger charge is 2.27. The normalized spacial score (nSPS) is 21.9. The van der Waals surface area contributed by atoms with Gasteiger partial charge in [-0.05, 0) is 36.6 Å². The standard InChI is InChI=1S/C15H15FN2O2/c16-12-3-1-2-10(8-12)9-13-15(19)18-14(17-13)11-4-6-20-7-5-11/h1-3,8-9,11H,4-7H2,(H,17,18,19)/b13-9+. The maximum Gasteiger partial charge on any atom is 0.275 e. The van der Waals surface area contributed by atoms with Crippen molar-refractivity contribution in [3.05, 3.63) is 41.3 Å². The number of benzene rings is 1. The van der Waals surface area contributed by atoms with E-state index in [2.05, 4.69) is 10.3 Å². The summed E-state index contributed by atoms with van der Waals surface area (Å²) < 4.78 is 18.4. The first-order chi connectivity index (χ1) is 9.72. The molecule has 0 spiro atoms. The van der Waals surface area contributed by atoms with Crippen molar-refractivity contribution in [3.63, 3.8) is 0 Å². The van der Waals surface area contributed by atoms with E-state index in [1.807, 2.05) is 0 Å². The summed E-state index contributed by atoms with van der Waals surface area (Å²) >= 11 is 0. The smallest absolute Gasteiger partial charge is 0.275 e. The quantitative estimate of drug-likeness (QED) is 0.840. The summed E-state index contributed by atoms with van der Waals surface area (Å²) in [4.78, 5) is 16.3. The van der Waals surface area contributed by atoms with Gasteiger partial charge < -0.3 is 10.1 Å². The molecule has 2 aliphatic rings. The second-order valence-corrected chi connectivity index (χ2v) is 4.92. The molecule has 1 saturated heterocycles. The lowest BCUT2D eigenvalue weighted by Gasteiger charge is -2.21. The van der Waals surface area contributed by atoms with Crippen LogP contribution in [0.15, 0.2) is 35.0 Å². The monoisotopic (exact) mass is 274 g/mol. The van der Waals surface area contributed by atoms with Crippen molar-refractivity contribution < 1.29 is 13.9 Å². The molecule has 0 aromatic heterocycles. The van der Waals surface area contributed by atoms with Crippen LogP contribution in [0, 0.1) is 11.7 Å². The minimum atomic E-state index is -0.327. The summed E-state index contributed by atoms with van der Waals surface area (Å²) in [5.74, 6) is 0.397. The molecule has 20 heavy (non-hydrogen) atoms. The summed E-state index contributed by atoms with van der Waals surface area (Å²) in [5.41, 5.74) is 0.962. The number of hydrogen-bond donors (Lipinski definition) is 1. The van der Waals surface area contributed by atoms with Crippen molar-refractivity contribution in [1.29, 1.82) is 0 Å². The Bertz CT molecular complexity index is 589. The van der Waals surface area contributed by atoms with Crippen molar-refractivity contribution in [2.24, 2.45) is 10.9 Å². The summed E-state index contributed by atoms with van der Waals surface area (Å²) in [5, 5.41) is 2.80. The number of rotatable bonds is 2. The van der Waals surface area contributed by atoms with Crippen LogP contribution in [0.4, 0.5) is 4.39 Å². The molecule has 2 aliphatic heterocycles. The molecule has 0 radical (unpaired) electrons. The Labute approximate surface area is 116 Å². The van der Waals surface area contributed by atoms with Gasteiger partial charge in [0.05, 0.1) is 0 Å². The summed E-state index contributed by atoms with van der Waals surface area (Å²) in [7, 11) is 0. The van der Waals surface area contributed by atoms with E-state index in [4.69, 9.17) is 4.74 Å². The lowest BCUT2D eigenvalue weighted by Crippen LogP contribution is -2.33. The SMILES string of the molecule is O=C1NC(C2CCOCC2)=N/C1=C/c1cccc(F)c1. The van der Waals surface area contributed by atoms with Crippen molar-refractivity contribution in [1.82, 2.24) is 5.32 Å². The second kappa shape index (κ2) is 5.54. The molecular formula is C15H15FN2O2. The van der Waals surface area contributed by atoms with E-state index in [0.29, 0.717) is 30.3 Å². The Morgan fingerprint density at radius 2 is 2.15 bits per heavy atom. The van der Waals surface area contributed by atoms with Crippen LogP contribution < -0.4 is 5.32 Å². The highest BCUT2D eigenvalue weighted by atomic mass is 19.1. The van der Waals surface area contributed by atoms with Gasteiger partial charge in [0, 0.05) is 19.1 Å². The van der Waals surface area contributed by atoms with E-state index in [1.54, 1.807) is 18.2 Å². The second-order valence-electron chi connectivity index (χ2n) is 4.92. The van der Waals surface area contributed by atoms with Gasteiger partial charge >= 0.3 is 0 Å². The number of nitrogens with one attached hydrogen (secondary N) is 1. The van der Waals surface area contributed by atoms with Crippen LogP contribution in [0.1, 0.15) is 18.4 Å². The van der Waals surface area contributed by atoms with Crippen LogP contribution in [-0.4, -0.2) is 25.0 Å². The molecule has 5 heteroatoms. The van der Waals surface area contributed by atoms with Crippen LogP contribution >= 0.6 is 0 Å². The number of carbonyl (C=O) groups is 1. The van der Waals surface area contributed by atoms with Crippen LogP contribution in [0.2, 0.25) is 0 Å². The first-order valence-electron chi connectivity index (χ1n) is 6.67. The third kappa shape index (κ3) is 2.77. The van der Waals surface area contributed by atoms with Crippen molar-refractivity contribution >= 4 is 17.8 Å². The Kier molecular flexibility index (Phi) is 3.60. The molecule has 3 rings (SSSR count). The van der Waals surface area contributed by atoms with Crippen LogP contribution in [0.5, 0.6) is 0 Å². The molecule has 1 amide bonds. The molecule has 2 heterocycles. The largest absolute Gasteiger partial charge is 0.381 e. The molecule has 1 aromatic carbocycles. The van der Waals surface area contributed by atoms with Gasteiger partial charge in [0.25, 0.3) is 5.91 Å². The zero-order valence-corrected chi connectivity index (χ0v) is 10.9. The lowest BCUT2D eigenvalue weighted by atomic mass is 9.99. The van der Waals surface area contributed by atoms with Gasteiger partial charge in [-0.25, -0.2) is 9.38 Å². The van der Waals surface area contributed by atoms with Crippen LogP contribution in [-0.2, 0) is 9.53 Å². The van der Waals surface area contributed by atoms with Gasteiger partial charge in [-0.3, -0.25) is 4.79 Å². The number of aliphatic imine (C=N–C) groups is 1. The molecule has 104 valence electrons. The predicted octanol–water partition coefficient (Wildman–Crippen LogP) is 2.12. The minimum Gasteiger partial charge on any atom is -0.381 e. The molecule has 0 bridgehead atoms. The first kappa shape index (κ1) is 13.0. The molecular weight excluding hydrogens is 259 g/mol. The molecule has 1 N–H and O–H groups in total. The maximum atomic E-state index is 13.1. The third-order valence-electron chi connectivity index (χ3n) is 3.48. The number of halogens is 1. The fraction of sp³-hybridized carbons (Fsp3) is 0.333. The molecule has 0 aliphatic carbocycles. The molecule has 4 nitrogen and oxygen atoms in total. The van der Waals surface area contributed by atoms with E-state index in [1.165, 1.54) is 12.1 Å². The summed E-state index contributed by atoms with van der Waals surface area (Å²) in [6.45, 7) is 1.39. The fourth-order valence-electron chi connectivity index (χ4n) is 2.41. The number of hydrogen-bond acceptors (Lipinski definition) is 3. The first-order valence-corrected chi connectivity index (χ1v) is 6.67. The third-order valence-corrected chi connectivity index (χ3v) is 3.48. The molecule has 1 fully saturated rings. The predicted molar refractivity (Wildman–Crippen MR) is 73.5 cm³/mol. The van der Waals surface area contributed by atoms with Gasteiger partial charge in [-0.1, -0.05) is 12.1 Å². The minimum absolute atomic E-state index is 0.226. The van der Waals surface area contributed by atoms with Gasteiger partial charge in [0.1, 0.15) is 17.3 Å². The Morgan fingerprint density at radius 3 is 2.90 bits per heavy atom. The van der Waals surface area contributed by atoms with Crippen molar-refractivity contribution in [3.8, 4) is 0 Å². The molecule has 0 saturated carbocycles. The molecule has 0 unspecified atom stereocenters.